The van der Waals surface area contributed by atoms with Crippen molar-refractivity contribution in [3.05, 3.63) is 0 Å². The molecule has 0 atom stereocenters. The Kier molecular flexibility index (Phi) is 12.5. The summed E-state index contributed by atoms with van der Waals surface area (Å²) in [7, 11) is 3.49. The molecule has 0 amide bonds. The quantitative estimate of drug-likeness (QED) is 0.435. The number of thiol groups is 1. The van der Waals surface area contributed by atoms with Crippen molar-refractivity contribution in [2.24, 2.45) is 0 Å². The van der Waals surface area contributed by atoms with Crippen LogP contribution in [0.15, 0.2) is 0 Å². The number of unbranched alkanes of at least 4 members (excludes halogenated alkanes) is 2. The molecule has 4 heteroatoms. The van der Waals surface area contributed by atoms with E-state index in [2.05, 4.69) is 17.5 Å². The lowest BCUT2D eigenvalue weighted by atomic mass is 10.2. The summed E-state index contributed by atoms with van der Waals surface area (Å²) in [5.74, 6) is 0.996. The summed E-state index contributed by atoms with van der Waals surface area (Å²) in [5, 5.41) is 0. The highest BCUT2D eigenvalue weighted by atomic mass is 32.1. The molecule has 0 spiro atoms. The Bertz CT molecular complexity index is 117. The van der Waals surface area contributed by atoms with Crippen LogP contribution in [0.25, 0.3) is 0 Å². The minimum atomic E-state index is 0.802. The maximum Gasteiger partial charge on any atom is 0.0589 e. The Labute approximate surface area is 99.5 Å². The first-order valence-electron chi connectivity index (χ1n) is 5.66. The van der Waals surface area contributed by atoms with Gasteiger partial charge in [0.15, 0.2) is 0 Å². The summed E-state index contributed by atoms with van der Waals surface area (Å²) in [6, 6.07) is 0. The third-order valence-corrected chi connectivity index (χ3v) is 2.67. The van der Waals surface area contributed by atoms with Crippen molar-refractivity contribution < 1.29 is 9.47 Å². The second kappa shape index (κ2) is 12.3. The van der Waals surface area contributed by atoms with Crippen LogP contribution in [0, 0.1) is 0 Å². The van der Waals surface area contributed by atoms with E-state index in [0.29, 0.717) is 0 Å². The number of ether oxygens (including phenoxy) is 2. The molecule has 0 heterocycles. The lowest BCUT2D eigenvalue weighted by molar-refractivity contribution is 0.113. The Balaban J connectivity index is 3.49. The summed E-state index contributed by atoms with van der Waals surface area (Å²) in [5.41, 5.74) is 0. The highest BCUT2D eigenvalue weighted by Gasteiger charge is 2.03. The average Bonchev–Trinajstić information content (AvgIpc) is 2.27. The summed E-state index contributed by atoms with van der Waals surface area (Å²) < 4.78 is 10.2. The zero-order valence-corrected chi connectivity index (χ0v) is 11.0. The predicted octanol–water partition coefficient (Wildman–Crippen LogP) is 1.68. The summed E-state index contributed by atoms with van der Waals surface area (Å²) in [6.07, 6.45) is 3.72. The molecule has 92 valence electrons. The van der Waals surface area contributed by atoms with Gasteiger partial charge in [-0.2, -0.15) is 12.6 Å². The van der Waals surface area contributed by atoms with E-state index in [0.717, 1.165) is 38.6 Å². The molecule has 0 fully saturated rings. The van der Waals surface area contributed by atoms with Gasteiger partial charge in [-0.1, -0.05) is 6.42 Å². The lowest BCUT2D eigenvalue weighted by Gasteiger charge is -2.21. The minimum absolute atomic E-state index is 0.802. The van der Waals surface area contributed by atoms with E-state index in [1.165, 1.54) is 19.3 Å². The van der Waals surface area contributed by atoms with Crippen LogP contribution < -0.4 is 0 Å². The van der Waals surface area contributed by atoms with Gasteiger partial charge in [0.2, 0.25) is 0 Å². The third kappa shape index (κ3) is 10.5. The van der Waals surface area contributed by atoms with Crippen molar-refractivity contribution in [1.82, 2.24) is 4.90 Å². The Morgan fingerprint density at radius 2 is 1.47 bits per heavy atom. The molecule has 0 saturated heterocycles. The predicted molar refractivity (Wildman–Crippen MR) is 67.9 cm³/mol. The number of methoxy groups -OCH3 is 2. The molecule has 0 aliphatic carbocycles. The van der Waals surface area contributed by atoms with Gasteiger partial charge in [-0.3, -0.25) is 4.90 Å². The van der Waals surface area contributed by atoms with Crippen LogP contribution in [0.3, 0.4) is 0 Å². The van der Waals surface area contributed by atoms with Gasteiger partial charge >= 0.3 is 0 Å². The van der Waals surface area contributed by atoms with Crippen molar-refractivity contribution in [1.29, 1.82) is 0 Å². The number of nitrogens with zero attached hydrogens (tertiary/aromatic N) is 1. The maximum absolute atomic E-state index is 5.09. The molecule has 0 aromatic carbocycles. The summed E-state index contributed by atoms with van der Waals surface area (Å²) in [6.45, 7) is 4.74. The molecule has 0 aromatic heterocycles. The van der Waals surface area contributed by atoms with Crippen LogP contribution in [0.1, 0.15) is 19.3 Å². The normalized spacial score (nSPS) is 11.2. The molecule has 0 radical (unpaired) electrons. The van der Waals surface area contributed by atoms with E-state index >= 15 is 0 Å². The van der Waals surface area contributed by atoms with Crippen LogP contribution in [0.2, 0.25) is 0 Å². The van der Waals surface area contributed by atoms with Crippen molar-refractivity contribution >= 4 is 12.6 Å². The number of rotatable bonds is 11. The molecular formula is C11H25NO2S. The zero-order chi connectivity index (χ0) is 11.4. The van der Waals surface area contributed by atoms with E-state index in [-0.39, 0.29) is 0 Å². The van der Waals surface area contributed by atoms with Crippen LogP contribution in [0.4, 0.5) is 0 Å². The van der Waals surface area contributed by atoms with Crippen LogP contribution in [-0.2, 0) is 9.47 Å². The van der Waals surface area contributed by atoms with Crippen molar-refractivity contribution in [3.63, 3.8) is 0 Å². The molecule has 3 nitrogen and oxygen atoms in total. The first kappa shape index (κ1) is 15.2. The monoisotopic (exact) mass is 235 g/mol. The minimum Gasteiger partial charge on any atom is -0.383 e. The van der Waals surface area contributed by atoms with Crippen molar-refractivity contribution in [2.45, 2.75) is 19.3 Å². The topological polar surface area (TPSA) is 21.7 Å². The number of hydrogen-bond donors (Lipinski definition) is 1. The van der Waals surface area contributed by atoms with Crippen LogP contribution in [-0.4, -0.2) is 57.7 Å². The first-order valence-corrected chi connectivity index (χ1v) is 6.29. The fourth-order valence-corrected chi connectivity index (χ4v) is 1.62. The molecule has 0 N–H and O–H groups in total. The molecule has 0 rings (SSSR count). The van der Waals surface area contributed by atoms with Gasteiger partial charge in [0, 0.05) is 27.3 Å². The van der Waals surface area contributed by atoms with Crippen LogP contribution in [0.5, 0.6) is 0 Å². The van der Waals surface area contributed by atoms with Crippen molar-refractivity contribution in [3.8, 4) is 0 Å². The first-order chi connectivity index (χ1) is 7.35. The lowest BCUT2D eigenvalue weighted by Crippen LogP contribution is -2.31. The fraction of sp³-hybridized carbons (Fsp3) is 1.00. The molecule has 0 aliphatic heterocycles. The van der Waals surface area contributed by atoms with Crippen molar-refractivity contribution in [2.75, 3.05) is 52.8 Å². The molecule has 0 saturated carbocycles. The highest BCUT2D eigenvalue weighted by molar-refractivity contribution is 7.80. The second-order valence-corrected chi connectivity index (χ2v) is 4.06. The fourth-order valence-electron chi connectivity index (χ4n) is 1.40. The third-order valence-electron chi connectivity index (χ3n) is 2.36. The Hall–Kier alpha value is 0.230. The summed E-state index contributed by atoms with van der Waals surface area (Å²) in [4.78, 5) is 2.39. The Morgan fingerprint density at radius 1 is 0.867 bits per heavy atom. The van der Waals surface area contributed by atoms with E-state index in [1.54, 1.807) is 14.2 Å². The van der Waals surface area contributed by atoms with Gasteiger partial charge in [0.25, 0.3) is 0 Å². The molecule has 0 unspecified atom stereocenters. The molecular weight excluding hydrogens is 210 g/mol. The molecule has 0 aliphatic rings. The SMILES string of the molecule is COCCN(CCCCCS)CCOC. The zero-order valence-electron chi connectivity index (χ0n) is 10.1. The molecule has 0 aromatic rings. The van der Waals surface area contributed by atoms with Gasteiger partial charge in [0.05, 0.1) is 13.2 Å². The van der Waals surface area contributed by atoms with Gasteiger partial charge in [-0.15, -0.1) is 0 Å². The van der Waals surface area contributed by atoms with E-state index in [1.807, 2.05) is 0 Å². The molecule has 15 heavy (non-hydrogen) atoms. The smallest absolute Gasteiger partial charge is 0.0589 e. The highest BCUT2D eigenvalue weighted by Crippen LogP contribution is 2.00. The largest absolute Gasteiger partial charge is 0.383 e. The van der Waals surface area contributed by atoms with Gasteiger partial charge in [-0.25, -0.2) is 0 Å². The van der Waals surface area contributed by atoms with Gasteiger partial charge in [0.1, 0.15) is 0 Å². The Morgan fingerprint density at radius 3 is 1.93 bits per heavy atom. The standard InChI is InChI=1S/C11H25NO2S/c1-13-9-7-12(8-10-14-2)6-4-3-5-11-15/h15H,3-11H2,1-2H3. The average molecular weight is 235 g/mol. The molecule has 0 bridgehead atoms. The summed E-state index contributed by atoms with van der Waals surface area (Å²) >= 11 is 4.20. The van der Waals surface area contributed by atoms with Gasteiger partial charge < -0.3 is 9.47 Å². The number of hydrogen-bond acceptors (Lipinski definition) is 4. The van der Waals surface area contributed by atoms with Crippen LogP contribution >= 0.6 is 12.6 Å². The maximum atomic E-state index is 5.09. The van der Waals surface area contributed by atoms with E-state index < -0.39 is 0 Å². The van der Waals surface area contributed by atoms with E-state index in [9.17, 15) is 0 Å². The second-order valence-electron chi connectivity index (χ2n) is 3.61. The van der Waals surface area contributed by atoms with E-state index in [4.69, 9.17) is 9.47 Å². The van der Waals surface area contributed by atoms with Gasteiger partial charge in [-0.05, 0) is 25.1 Å².